The van der Waals surface area contributed by atoms with Crippen molar-refractivity contribution in [3.63, 3.8) is 0 Å². The summed E-state index contributed by atoms with van der Waals surface area (Å²) in [6.07, 6.45) is 3.69. The van der Waals surface area contributed by atoms with Crippen LogP contribution in [0.5, 0.6) is 0 Å². The molecule has 0 unspecified atom stereocenters. The minimum Gasteiger partial charge on any atom is -0.378 e. The van der Waals surface area contributed by atoms with Gasteiger partial charge in [0.15, 0.2) is 0 Å². The maximum atomic E-state index is 4.02. The second kappa shape index (κ2) is 5.29. The predicted octanol–water partition coefficient (Wildman–Crippen LogP) is 1.85. The minimum absolute atomic E-state index is 1.10. The predicted molar refractivity (Wildman–Crippen MR) is 67.8 cm³/mol. The molecule has 0 N–H and O–H groups in total. The van der Waals surface area contributed by atoms with Crippen LogP contribution in [0.1, 0.15) is 11.1 Å². The van der Waals surface area contributed by atoms with Gasteiger partial charge >= 0.3 is 0 Å². The first-order chi connectivity index (χ1) is 7.17. The van der Waals surface area contributed by atoms with E-state index in [4.69, 9.17) is 0 Å². The van der Waals surface area contributed by atoms with Gasteiger partial charge in [-0.3, -0.25) is 9.98 Å². The molecule has 80 valence electrons. The van der Waals surface area contributed by atoms with E-state index >= 15 is 0 Å². The Morgan fingerprint density at radius 1 is 0.933 bits per heavy atom. The Kier molecular flexibility index (Phi) is 4.03. The summed E-state index contributed by atoms with van der Waals surface area (Å²) < 4.78 is 0. The van der Waals surface area contributed by atoms with E-state index in [0.29, 0.717) is 0 Å². The molecule has 3 nitrogen and oxygen atoms in total. The average molecular weight is 203 g/mol. The van der Waals surface area contributed by atoms with E-state index in [1.807, 2.05) is 26.5 Å². The number of rotatable bonds is 3. The van der Waals surface area contributed by atoms with Crippen molar-refractivity contribution in [1.29, 1.82) is 0 Å². The van der Waals surface area contributed by atoms with Crippen molar-refractivity contribution in [3.05, 3.63) is 29.3 Å². The maximum absolute atomic E-state index is 4.02. The van der Waals surface area contributed by atoms with Crippen LogP contribution in [-0.2, 0) is 0 Å². The Bertz CT molecular complexity index is 348. The van der Waals surface area contributed by atoms with Gasteiger partial charge in [-0.1, -0.05) is 0 Å². The molecule has 1 aromatic rings. The molecule has 0 saturated carbocycles. The van der Waals surface area contributed by atoms with Crippen LogP contribution in [0, 0.1) is 0 Å². The third-order valence-electron chi connectivity index (χ3n) is 2.04. The summed E-state index contributed by atoms with van der Waals surface area (Å²) in [5.74, 6) is 0. The first-order valence-corrected chi connectivity index (χ1v) is 4.84. The quantitative estimate of drug-likeness (QED) is 0.689. The highest BCUT2D eigenvalue weighted by atomic mass is 15.1. The molecule has 15 heavy (non-hydrogen) atoms. The van der Waals surface area contributed by atoms with Gasteiger partial charge in [-0.25, -0.2) is 0 Å². The summed E-state index contributed by atoms with van der Waals surface area (Å²) in [6, 6.07) is 6.26. The normalized spacial score (nSPS) is 11.5. The molecule has 0 amide bonds. The van der Waals surface area contributed by atoms with Crippen molar-refractivity contribution in [2.75, 3.05) is 33.1 Å². The Balaban J connectivity index is 3.19. The van der Waals surface area contributed by atoms with Crippen molar-refractivity contribution in [2.45, 2.75) is 0 Å². The molecule has 0 aliphatic heterocycles. The minimum atomic E-state index is 1.10. The van der Waals surface area contributed by atoms with Gasteiger partial charge in [0.1, 0.15) is 0 Å². The van der Waals surface area contributed by atoms with Crippen LogP contribution in [0.4, 0.5) is 5.69 Å². The van der Waals surface area contributed by atoms with E-state index in [9.17, 15) is 0 Å². The lowest BCUT2D eigenvalue weighted by molar-refractivity contribution is 1.13. The fourth-order valence-corrected chi connectivity index (χ4v) is 1.36. The second-order valence-corrected chi connectivity index (χ2v) is 3.53. The Morgan fingerprint density at radius 3 is 1.73 bits per heavy atom. The molecule has 0 aromatic heterocycles. The third-order valence-corrected chi connectivity index (χ3v) is 2.04. The van der Waals surface area contributed by atoms with Gasteiger partial charge in [0.25, 0.3) is 0 Å². The van der Waals surface area contributed by atoms with E-state index in [2.05, 4.69) is 33.1 Å². The molecule has 0 bridgehead atoms. The van der Waals surface area contributed by atoms with E-state index in [1.165, 1.54) is 0 Å². The molecule has 0 saturated heterocycles. The second-order valence-electron chi connectivity index (χ2n) is 3.53. The molecule has 0 aliphatic carbocycles. The van der Waals surface area contributed by atoms with Crippen molar-refractivity contribution >= 4 is 18.1 Å². The van der Waals surface area contributed by atoms with Crippen LogP contribution in [0.3, 0.4) is 0 Å². The number of hydrogen-bond donors (Lipinski definition) is 0. The van der Waals surface area contributed by atoms with Crippen LogP contribution >= 0.6 is 0 Å². The van der Waals surface area contributed by atoms with Crippen LogP contribution < -0.4 is 4.90 Å². The standard InChI is InChI=1S/C12H17N3/c1-13-8-10-5-11(9-14-2)7-12(6-10)15(3)4/h5-9H,1-4H3. The lowest BCUT2D eigenvalue weighted by atomic mass is 10.1. The van der Waals surface area contributed by atoms with E-state index in [1.54, 1.807) is 14.1 Å². The summed E-state index contributed by atoms with van der Waals surface area (Å²) in [7, 11) is 7.59. The van der Waals surface area contributed by atoms with Crippen molar-refractivity contribution in [2.24, 2.45) is 9.98 Å². The number of aliphatic imine (C=N–C) groups is 2. The monoisotopic (exact) mass is 203 g/mol. The molecule has 1 rings (SSSR count). The zero-order chi connectivity index (χ0) is 11.3. The van der Waals surface area contributed by atoms with E-state index in [-0.39, 0.29) is 0 Å². The van der Waals surface area contributed by atoms with Gasteiger partial charge < -0.3 is 4.90 Å². The SMILES string of the molecule is CN=Cc1cc(C=NC)cc(N(C)C)c1. The first kappa shape index (κ1) is 11.4. The maximum Gasteiger partial charge on any atom is 0.0374 e. The van der Waals surface area contributed by atoms with E-state index in [0.717, 1.165) is 16.8 Å². The molecule has 3 heteroatoms. The van der Waals surface area contributed by atoms with Crippen molar-refractivity contribution in [3.8, 4) is 0 Å². The number of nitrogens with zero attached hydrogens (tertiary/aromatic N) is 3. The first-order valence-electron chi connectivity index (χ1n) is 4.84. The largest absolute Gasteiger partial charge is 0.378 e. The molecule has 0 fully saturated rings. The summed E-state index contributed by atoms with van der Waals surface area (Å²) in [6.45, 7) is 0. The topological polar surface area (TPSA) is 28.0 Å². The summed E-state index contributed by atoms with van der Waals surface area (Å²) >= 11 is 0. The fourth-order valence-electron chi connectivity index (χ4n) is 1.36. The number of hydrogen-bond acceptors (Lipinski definition) is 3. The molecular formula is C12H17N3. The smallest absolute Gasteiger partial charge is 0.0374 e. The van der Waals surface area contributed by atoms with Crippen LogP contribution in [-0.4, -0.2) is 40.6 Å². The summed E-state index contributed by atoms with van der Waals surface area (Å²) in [5, 5.41) is 0. The molecule has 1 aromatic carbocycles. The number of benzene rings is 1. The third kappa shape index (κ3) is 3.20. The Hall–Kier alpha value is -1.64. The van der Waals surface area contributed by atoms with Gasteiger partial charge in [0.2, 0.25) is 0 Å². The van der Waals surface area contributed by atoms with Crippen LogP contribution in [0.25, 0.3) is 0 Å². The van der Waals surface area contributed by atoms with Crippen molar-refractivity contribution in [1.82, 2.24) is 0 Å². The number of anilines is 1. The summed E-state index contributed by atoms with van der Waals surface area (Å²) in [4.78, 5) is 10.1. The van der Waals surface area contributed by atoms with Gasteiger partial charge in [0, 0.05) is 46.3 Å². The van der Waals surface area contributed by atoms with Gasteiger partial charge in [-0.05, 0) is 29.3 Å². The molecule has 0 spiro atoms. The molecule has 0 aliphatic rings. The highest BCUT2D eigenvalue weighted by Gasteiger charge is 1.99. The van der Waals surface area contributed by atoms with Crippen LogP contribution in [0.15, 0.2) is 28.2 Å². The molecule has 0 heterocycles. The van der Waals surface area contributed by atoms with Crippen LogP contribution in [0.2, 0.25) is 0 Å². The van der Waals surface area contributed by atoms with E-state index < -0.39 is 0 Å². The molecule has 0 atom stereocenters. The van der Waals surface area contributed by atoms with Gasteiger partial charge in [-0.2, -0.15) is 0 Å². The van der Waals surface area contributed by atoms with Gasteiger partial charge in [-0.15, -0.1) is 0 Å². The zero-order valence-corrected chi connectivity index (χ0v) is 9.73. The fraction of sp³-hybridized carbons (Fsp3) is 0.333. The molecular weight excluding hydrogens is 186 g/mol. The Labute approximate surface area is 91.2 Å². The van der Waals surface area contributed by atoms with Crippen molar-refractivity contribution < 1.29 is 0 Å². The summed E-state index contributed by atoms with van der Waals surface area (Å²) in [5.41, 5.74) is 3.35. The average Bonchev–Trinajstić information content (AvgIpc) is 2.18. The zero-order valence-electron chi connectivity index (χ0n) is 9.73. The molecule has 0 radical (unpaired) electrons. The highest BCUT2D eigenvalue weighted by Crippen LogP contribution is 2.15. The lowest BCUT2D eigenvalue weighted by Crippen LogP contribution is -2.09. The lowest BCUT2D eigenvalue weighted by Gasteiger charge is -2.13. The van der Waals surface area contributed by atoms with Gasteiger partial charge in [0.05, 0.1) is 0 Å². The Morgan fingerprint density at radius 2 is 1.40 bits per heavy atom. The highest BCUT2D eigenvalue weighted by molar-refractivity contribution is 5.88.